The summed E-state index contributed by atoms with van der Waals surface area (Å²) in [7, 11) is 3.94. The molecule has 0 bridgehead atoms. The molecular weight excluding hydrogens is 438 g/mol. The van der Waals surface area contributed by atoms with Crippen molar-refractivity contribution in [2.45, 2.75) is 143 Å². The second-order valence-electron chi connectivity index (χ2n) is 12.8. The zero-order valence-electron chi connectivity index (χ0n) is 24.4. The summed E-state index contributed by atoms with van der Waals surface area (Å²) in [6, 6.07) is 0.0615. The van der Waals surface area contributed by atoms with Gasteiger partial charge in [0, 0.05) is 6.92 Å². The number of quaternary nitrogens is 1. The Kier molecular flexibility index (Phi) is 12.8. The first-order chi connectivity index (χ1) is 16.3. The van der Waals surface area contributed by atoms with Crippen LogP contribution < -0.4 is 0 Å². The van der Waals surface area contributed by atoms with Crippen molar-refractivity contribution < 1.29 is 24.3 Å². The Morgan fingerprint density at radius 1 is 0.914 bits per heavy atom. The molecule has 2 N–H and O–H groups in total. The molecule has 0 aromatic carbocycles. The van der Waals surface area contributed by atoms with Crippen LogP contribution in [0.3, 0.4) is 0 Å². The van der Waals surface area contributed by atoms with Gasteiger partial charge in [0.15, 0.2) is 0 Å². The molecule has 5 unspecified atom stereocenters. The van der Waals surface area contributed by atoms with E-state index in [0.29, 0.717) is 6.42 Å². The molecule has 1 fully saturated rings. The highest BCUT2D eigenvalue weighted by Gasteiger charge is 2.72. The third kappa shape index (κ3) is 7.02. The number of rotatable bonds is 17. The van der Waals surface area contributed by atoms with Gasteiger partial charge in [-0.3, -0.25) is 4.79 Å². The van der Waals surface area contributed by atoms with Crippen molar-refractivity contribution >= 4 is 11.9 Å². The fraction of sp³-hybridized carbons (Fsp3) is 0.933. The molecule has 1 rings (SSSR count). The Morgan fingerprint density at radius 2 is 1.40 bits per heavy atom. The Hall–Kier alpha value is -1.10. The second-order valence-corrected chi connectivity index (χ2v) is 12.8. The molecule has 0 aromatic heterocycles. The number of carboxylic acids is 2. The molecule has 0 radical (unpaired) electrons. The first kappa shape index (κ1) is 31.9. The summed E-state index contributed by atoms with van der Waals surface area (Å²) in [5.74, 6) is -1.73. The number of nitrogens with zero attached hydrogens (tertiary/aromatic N) is 1. The summed E-state index contributed by atoms with van der Waals surface area (Å²) in [5, 5.41) is 21.5. The molecule has 35 heavy (non-hydrogen) atoms. The van der Waals surface area contributed by atoms with E-state index in [1.54, 1.807) is 6.92 Å². The summed E-state index contributed by atoms with van der Waals surface area (Å²) >= 11 is 0. The summed E-state index contributed by atoms with van der Waals surface area (Å²) < 4.78 is 0.196. The summed E-state index contributed by atoms with van der Waals surface area (Å²) in [5.41, 5.74) is -2.71. The summed E-state index contributed by atoms with van der Waals surface area (Å²) in [6.07, 6.45) is 15.8. The van der Waals surface area contributed by atoms with E-state index < -0.39 is 22.9 Å². The Bertz CT molecular complexity index is 661. The lowest BCUT2D eigenvalue weighted by molar-refractivity contribution is -0.959. The molecule has 0 saturated heterocycles. The number of hydrogen-bond acceptors (Lipinski definition) is 2. The van der Waals surface area contributed by atoms with Crippen molar-refractivity contribution in [1.82, 2.24) is 0 Å². The molecule has 0 spiro atoms. The monoisotopic (exact) mass is 496 g/mol. The van der Waals surface area contributed by atoms with Gasteiger partial charge in [0.1, 0.15) is 5.41 Å². The maximum Gasteiger partial charge on any atom is 0.366 e. The minimum absolute atomic E-state index is 0.0615. The number of carbonyl (C=O) groups is 2. The van der Waals surface area contributed by atoms with E-state index in [9.17, 15) is 19.8 Å². The van der Waals surface area contributed by atoms with E-state index in [1.165, 1.54) is 57.8 Å². The van der Waals surface area contributed by atoms with E-state index in [-0.39, 0.29) is 28.3 Å². The van der Waals surface area contributed by atoms with E-state index in [1.807, 2.05) is 14.1 Å². The number of aliphatic carboxylic acids is 2. The van der Waals surface area contributed by atoms with Crippen molar-refractivity contribution in [1.29, 1.82) is 0 Å². The third-order valence-electron chi connectivity index (χ3n) is 9.98. The molecule has 5 atom stereocenters. The van der Waals surface area contributed by atoms with Gasteiger partial charge in [-0.2, -0.15) is 0 Å². The molecule has 206 valence electrons. The molecule has 1 saturated carbocycles. The topological polar surface area (TPSA) is 74.6 Å². The first-order valence-corrected chi connectivity index (χ1v) is 14.6. The van der Waals surface area contributed by atoms with Gasteiger partial charge in [-0.25, -0.2) is 4.79 Å². The highest BCUT2D eigenvalue weighted by molar-refractivity contribution is 5.89. The van der Waals surface area contributed by atoms with Crippen molar-refractivity contribution in [2.75, 3.05) is 14.1 Å². The van der Waals surface area contributed by atoms with Crippen LogP contribution in [-0.4, -0.2) is 52.3 Å². The lowest BCUT2D eigenvalue weighted by atomic mass is 9.51. The highest BCUT2D eigenvalue weighted by Crippen LogP contribution is 2.57. The predicted octanol–water partition coefficient (Wildman–Crippen LogP) is 7.77. The Balaban J connectivity index is 2.97. The number of hydrogen-bond donors (Lipinski definition) is 2. The largest absolute Gasteiger partial charge is 0.481 e. The lowest BCUT2D eigenvalue weighted by Crippen LogP contribution is -2.77. The van der Waals surface area contributed by atoms with Crippen LogP contribution in [0, 0.1) is 23.2 Å². The van der Waals surface area contributed by atoms with E-state index >= 15 is 0 Å². The minimum atomic E-state index is -1.42. The van der Waals surface area contributed by atoms with Crippen LogP contribution in [0.5, 0.6) is 0 Å². The maximum absolute atomic E-state index is 13.1. The molecule has 0 aromatic rings. The standard InChI is InChI=1S/C30H57NO4/c1-9-10-11-12-13-14-15-16-17-18-19-25(5)31(7,8)29(6,27(32)33)30(28(34)35)22-24(4)20-21-26(30)23(2)3/h23-26H,9-22H2,1-8H3,(H-,32,33,34,35)/p+1. The number of likely N-dealkylation sites (N-methyl/N-ethyl adjacent to an activating group) is 1. The summed E-state index contributed by atoms with van der Waals surface area (Å²) in [6.45, 7) is 12.3. The van der Waals surface area contributed by atoms with Gasteiger partial charge in [-0.15, -0.1) is 0 Å². The number of carboxylic acid groups (broad SMARTS) is 2. The minimum Gasteiger partial charge on any atom is -0.481 e. The van der Waals surface area contributed by atoms with E-state index in [4.69, 9.17) is 0 Å². The SMILES string of the molecule is CCCCCCCCCCCCC(C)[N+](C)(C)C(C)(C(=O)O)C1(C(=O)O)CC(C)CCC1C(C)C. The van der Waals surface area contributed by atoms with Crippen LogP contribution in [-0.2, 0) is 9.59 Å². The zero-order valence-corrected chi connectivity index (χ0v) is 24.4. The smallest absolute Gasteiger partial charge is 0.366 e. The summed E-state index contributed by atoms with van der Waals surface area (Å²) in [4.78, 5) is 26.2. The van der Waals surface area contributed by atoms with Gasteiger partial charge in [0.2, 0.25) is 5.54 Å². The van der Waals surface area contributed by atoms with E-state index in [2.05, 4.69) is 34.6 Å². The molecule has 1 aliphatic rings. The quantitative estimate of drug-likeness (QED) is 0.159. The van der Waals surface area contributed by atoms with Crippen LogP contribution in [0.2, 0.25) is 0 Å². The zero-order chi connectivity index (χ0) is 26.9. The normalized spacial score (nSPS) is 25.9. The van der Waals surface area contributed by atoms with Gasteiger partial charge < -0.3 is 14.7 Å². The van der Waals surface area contributed by atoms with Crippen molar-refractivity contribution in [3.63, 3.8) is 0 Å². The fourth-order valence-electron chi connectivity index (χ4n) is 7.07. The highest BCUT2D eigenvalue weighted by atomic mass is 16.4. The molecule has 0 amide bonds. The third-order valence-corrected chi connectivity index (χ3v) is 9.98. The Labute approximate surface area is 216 Å². The van der Waals surface area contributed by atoms with Gasteiger partial charge >= 0.3 is 11.9 Å². The van der Waals surface area contributed by atoms with Gasteiger partial charge in [-0.1, -0.05) is 91.9 Å². The lowest BCUT2D eigenvalue weighted by Gasteiger charge is -2.59. The molecule has 0 heterocycles. The van der Waals surface area contributed by atoms with E-state index in [0.717, 1.165) is 25.7 Å². The molecule has 5 heteroatoms. The van der Waals surface area contributed by atoms with Crippen molar-refractivity contribution in [3.8, 4) is 0 Å². The second kappa shape index (κ2) is 14.0. The molecule has 1 aliphatic carbocycles. The van der Waals surface area contributed by atoms with Gasteiger partial charge in [0.25, 0.3) is 0 Å². The maximum atomic E-state index is 13.1. The van der Waals surface area contributed by atoms with Crippen molar-refractivity contribution in [3.05, 3.63) is 0 Å². The molecule has 5 nitrogen and oxygen atoms in total. The fourth-order valence-corrected chi connectivity index (χ4v) is 7.07. The first-order valence-electron chi connectivity index (χ1n) is 14.6. The van der Waals surface area contributed by atoms with Crippen LogP contribution in [0.1, 0.15) is 131 Å². The molecule has 0 aliphatic heterocycles. The average Bonchev–Trinajstić information content (AvgIpc) is 2.78. The average molecular weight is 497 g/mol. The van der Waals surface area contributed by atoms with Crippen LogP contribution >= 0.6 is 0 Å². The van der Waals surface area contributed by atoms with Gasteiger partial charge in [-0.05, 0) is 50.4 Å². The van der Waals surface area contributed by atoms with Crippen LogP contribution in [0.25, 0.3) is 0 Å². The Morgan fingerprint density at radius 3 is 1.83 bits per heavy atom. The predicted molar refractivity (Wildman–Crippen MR) is 145 cm³/mol. The number of unbranched alkanes of at least 4 members (excludes halogenated alkanes) is 9. The molecular formula is C30H58NO4+. The van der Waals surface area contributed by atoms with Crippen LogP contribution in [0.15, 0.2) is 0 Å². The van der Waals surface area contributed by atoms with Gasteiger partial charge in [0.05, 0.1) is 20.1 Å². The van der Waals surface area contributed by atoms with Crippen molar-refractivity contribution in [2.24, 2.45) is 23.2 Å². The van der Waals surface area contributed by atoms with Crippen LogP contribution in [0.4, 0.5) is 0 Å².